The zero-order valence-electron chi connectivity index (χ0n) is 11.7. The second kappa shape index (κ2) is 7.29. The largest absolute Gasteiger partial charge is 0.306 e. The van der Waals surface area contributed by atoms with Crippen molar-refractivity contribution in [1.29, 1.82) is 0 Å². The molecule has 2 fully saturated rings. The Morgan fingerprint density at radius 1 is 1.00 bits per heavy atom. The molecule has 0 aromatic carbocycles. The predicted octanol–water partition coefficient (Wildman–Crippen LogP) is 2.70. The van der Waals surface area contributed by atoms with Crippen LogP contribution in [0.4, 0.5) is 0 Å². The first-order chi connectivity index (χ1) is 7.78. The fraction of sp³-hybridized carbons (Fsp3) is 1.00. The van der Waals surface area contributed by atoms with Crippen molar-refractivity contribution in [3.05, 3.63) is 0 Å². The molecule has 2 rings (SSSR count). The molecule has 2 aliphatic rings. The van der Waals surface area contributed by atoms with Crippen LogP contribution >= 0.6 is 0 Å². The lowest BCUT2D eigenvalue weighted by atomic mass is 9.84. The molecule has 16 heavy (non-hydrogen) atoms. The van der Waals surface area contributed by atoms with Crippen molar-refractivity contribution in [2.75, 3.05) is 39.8 Å². The van der Waals surface area contributed by atoms with E-state index in [-0.39, 0.29) is 0 Å². The van der Waals surface area contributed by atoms with Gasteiger partial charge in [-0.3, -0.25) is 0 Å². The van der Waals surface area contributed by atoms with Gasteiger partial charge in [0.05, 0.1) is 0 Å². The van der Waals surface area contributed by atoms with Gasteiger partial charge in [0, 0.05) is 13.1 Å². The van der Waals surface area contributed by atoms with E-state index in [4.69, 9.17) is 0 Å². The monoisotopic (exact) mass is 226 g/mol. The normalized spacial score (nSPS) is 24.8. The molecule has 0 aromatic rings. The molecule has 2 nitrogen and oxygen atoms in total. The smallest absolute Gasteiger partial charge is 0.00220 e. The van der Waals surface area contributed by atoms with Gasteiger partial charge in [-0.05, 0) is 57.8 Å². The number of hydrogen-bond acceptors (Lipinski definition) is 2. The van der Waals surface area contributed by atoms with E-state index in [1.807, 2.05) is 13.8 Å². The number of piperidine rings is 1. The molecular weight excluding hydrogens is 196 g/mol. The van der Waals surface area contributed by atoms with Gasteiger partial charge in [0.1, 0.15) is 0 Å². The van der Waals surface area contributed by atoms with Gasteiger partial charge in [-0.25, -0.2) is 0 Å². The molecule has 0 radical (unpaired) electrons. The van der Waals surface area contributed by atoms with E-state index in [2.05, 4.69) is 23.8 Å². The summed E-state index contributed by atoms with van der Waals surface area (Å²) in [6, 6.07) is 0. The van der Waals surface area contributed by atoms with Crippen LogP contribution in [0.15, 0.2) is 0 Å². The van der Waals surface area contributed by atoms with Crippen molar-refractivity contribution in [1.82, 2.24) is 9.80 Å². The average Bonchev–Trinajstić information content (AvgIpc) is 2.28. The van der Waals surface area contributed by atoms with Crippen LogP contribution in [-0.4, -0.2) is 49.6 Å². The Balaban J connectivity index is 0.000000606. The molecule has 0 saturated carbocycles. The lowest BCUT2D eigenvalue weighted by Crippen LogP contribution is -2.47. The average molecular weight is 226 g/mol. The van der Waals surface area contributed by atoms with Crippen LogP contribution in [0, 0.1) is 11.8 Å². The number of rotatable bonds is 3. The van der Waals surface area contributed by atoms with E-state index >= 15 is 0 Å². The second-order valence-electron chi connectivity index (χ2n) is 5.20. The van der Waals surface area contributed by atoms with Crippen LogP contribution in [0.5, 0.6) is 0 Å². The van der Waals surface area contributed by atoms with Gasteiger partial charge in [-0.2, -0.15) is 0 Å². The van der Waals surface area contributed by atoms with Gasteiger partial charge in [-0.1, -0.05) is 20.8 Å². The van der Waals surface area contributed by atoms with Crippen LogP contribution in [0.2, 0.25) is 0 Å². The zero-order valence-corrected chi connectivity index (χ0v) is 11.7. The van der Waals surface area contributed by atoms with E-state index in [0.717, 1.165) is 11.8 Å². The molecule has 0 spiro atoms. The Hall–Kier alpha value is -0.0800. The van der Waals surface area contributed by atoms with Crippen LogP contribution < -0.4 is 0 Å². The van der Waals surface area contributed by atoms with Crippen molar-refractivity contribution in [3.63, 3.8) is 0 Å². The minimum Gasteiger partial charge on any atom is -0.306 e. The molecule has 0 amide bonds. The summed E-state index contributed by atoms with van der Waals surface area (Å²) >= 11 is 0. The topological polar surface area (TPSA) is 6.48 Å². The van der Waals surface area contributed by atoms with Crippen LogP contribution in [0.25, 0.3) is 0 Å². The highest BCUT2D eigenvalue weighted by Crippen LogP contribution is 2.28. The predicted molar refractivity (Wildman–Crippen MR) is 71.8 cm³/mol. The third-order valence-electron chi connectivity index (χ3n) is 3.98. The summed E-state index contributed by atoms with van der Waals surface area (Å²) in [6.45, 7) is 12.9. The summed E-state index contributed by atoms with van der Waals surface area (Å²) < 4.78 is 0. The third-order valence-corrected chi connectivity index (χ3v) is 3.98. The molecule has 2 heteroatoms. The minimum atomic E-state index is 1.03. The first-order valence-electron chi connectivity index (χ1n) is 7.18. The Labute approximate surface area is 102 Å². The molecule has 96 valence electrons. The molecule has 0 atom stereocenters. The molecule has 0 N–H and O–H groups in total. The SMILES string of the molecule is CC.CCN1CC(CC2CCN(C)CC2)C1. The molecular formula is C14H30N2. The van der Waals surface area contributed by atoms with E-state index in [1.165, 1.54) is 52.0 Å². The minimum absolute atomic E-state index is 1.03. The number of nitrogens with zero attached hydrogens (tertiary/aromatic N) is 2. The Bertz CT molecular complexity index is 168. The second-order valence-corrected chi connectivity index (χ2v) is 5.20. The quantitative estimate of drug-likeness (QED) is 0.730. The maximum atomic E-state index is 2.56. The third kappa shape index (κ3) is 4.06. The van der Waals surface area contributed by atoms with Gasteiger partial charge in [0.15, 0.2) is 0 Å². The fourth-order valence-electron chi connectivity index (χ4n) is 2.85. The molecule has 0 aromatic heterocycles. The van der Waals surface area contributed by atoms with Gasteiger partial charge < -0.3 is 9.80 Å². The summed E-state index contributed by atoms with van der Waals surface area (Å²) in [5.41, 5.74) is 0. The Kier molecular flexibility index (Phi) is 6.37. The van der Waals surface area contributed by atoms with E-state index in [1.54, 1.807) is 0 Å². The highest BCUT2D eigenvalue weighted by atomic mass is 15.2. The van der Waals surface area contributed by atoms with Gasteiger partial charge in [0.2, 0.25) is 0 Å². The summed E-state index contributed by atoms with van der Waals surface area (Å²) in [6.07, 6.45) is 4.39. The summed E-state index contributed by atoms with van der Waals surface area (Å²) in [5, 5.41) is 0. The first-order valence-corrected chi connectivity index (χ1v) is 7.18. The fourth-order valence-corrected chi connectivity index (χ4v) is 2.85. The molecule has 2 aliphatic heterocycles. The molecule has 0 bridgehead atoms. The maximum absolute atomic E-state index is 2.56. The van der Waals surface area contributed by atoms with Crippen LogP contribution in [0.3, 0.4) is 0 Å². The lowest BCUT2D eigenvalue weighted by Gasteiger charge is -2.41. The van der Waals surface area contributed by atoms with Crippen molar-refractivity contribution in [3.8, 4) is 0 Å². The molecule has 0 aliphatic carbocycles. The van der Waals surface area contributed by atoms with Crippen molar-refractivity contribution < 1.29 is 0 Å². The van der Waals surface area contributed by atoms with Crippen molar-refractivity contribution >= 4 is 0 Å². The van der Waals surface area contributed by atoms with Crippen molar-refractivity contribution in [2.45, 2.75) is 40.0 Å². The highest BCUT2D eigenvalue weighted by molar-refractivity contribution is 4.82. The first kappa shape index (κ1) is 14.0. The lowest BCUT2D eigenvalue weighted by molar-refractivity contribution is 0.0751. The number of hydrogen-bond donors (Lipinski definition) is 0. The van der Waals surface area contributed by atoms with Crippen LogP contribution in [0.1, 0.15) is 40.0 Å². The summed E-state index contributed by atoms with van der Waals surface area (Å²) in [7, 11) is 2.25. The molecule has 0 unspecified atom stereocenters. The van der Waals surface area contributed by atoms with E-state index in [9.17, 15) is 0 Å². The highest BCUT2D eigenvalue weighted by Gasteiger charge is 2.28. The van der Waals surface area contributed by atoms with E-state index in [0.29, 0.717) is 0 Å². The van der Waals surface area contributed by atoms with Crippen LogP contribution in [-0.2, 0) is 0 Å². The van der Waals surface area contributed by atoms with Gasteiger partial charge in [0.25, 0.3) is 0 Å². The zero-order chi connectivity index (χ0) is 12.0. The number of likely N-dealkylation sites (tertiary alicyclic amines) is 2. The van der Waals surface area contributed by atoms with Gasteiger partial charge in [-0.15, -0.1) is 0 Å². The summed E-state index contributed by atoms with van der Waals surface area (Å²) in [5.74, 6) is 2.07. The van der Waals surface area contributed by atoms with Crippen molar-refractivity contribution in [2.24, 2.45) is 11.8 Å². The maximum Gasteiger partial charge on any atom is 0.00220 e. The van der Waals surface area contributed by atoms with Gasteiger partial charge >= 0.3 is 0 Å². The molecule has 2 heterocycles. The van der Waals surface area contributed by atoms with E-state index < -0.39 is 0 Å². The Morgan fingerprint density at radius 3 is 2.06 bits per heavy atom. The molecule has 2 saturated heterocycles. The summed E-state index contributed by atoms with van der Waals surface area (Å²) in [4.78, 5) is 5.02. The standard InChI is InChI=1S/C12H24N2.C2H6/c1-3-14-9-12(10-14)8-11-4-6-13(2)7-5-11;1-2/h11-12H,3-10H2,1-2H3;1-2H3. The Morgan fingerprint density at radius 2 is 1.56 bits per heavy atom.